The lowest BCUT2D eigenvalue weighted by molar-refractivity contribution is 0.500. The SMILES string of the molecule is CCc1cc(C(C)(C)C)c2oc(CN)c(C(C)(C)C)c2c1. The van der Waals surface area contributed by atoms with E-state index in [0.29, 0.717) is 6.54 Å². The lowest BCUT2D eigenvalue weighted by Gasteiger charge is -2.22. The third kappa shape index (κ3) is 2.87. The summed E-state index contributed by atoms with van der Waals surface area (Å²) in [6, 6.07) is 4.58. The van der Waals surface area contributed by atoms with E-state index in [-0.39, 0.29) is 10.8 Å². The molecule has 0 aliphatic heterocycles. The maximum absolute atomic E-state index is 6.21. The standard InChI is InChI=1S/C19H29NO/c1-8-12-9-13-16(19(5,6)7)15(11-20)21-17(13)14(10-12)18(2,3)4/h9-10H,8,11,20H2,1-7H3. The minimum Gasteiger partial charge on any atom is -0.459 e. The first-order valence-corrected chi connectivity index (χ1v) is 7.89. The van der Waals surface area contributed by atoms with Gasteiger partial charge in [-0.05, 0) is 28.9 Å². The number of aryl methyl sites for hydroxylation is 1. The Morgan fingerprint density at radius 1 is 1.00 bits per heavy atom. The highest BCUT2D eigenvalue weighted by Crippen LogP contribution is 2.40. The number of hydrogen-bond donors (Lipinski definition) is 1. The maximum atomic E-state index is 6.21. The topological polar surface area (TPSA) is 39.2 Å². The smallest absolute Gasteiger partial charge is 0.138 e. The Bertz CT molecular complexity index is 651. The third-order valence-electron chi connectivity index (χ3n) is 4.07. The largest absolute Gasteiger partial charge is 0.459 e. The van der Waals surface area contributed by atoms with Crippen LogP contribution in [0, 0.1) is 0 Å². The molecule has 0 amide bonds. The van der Waals surface area contributed by atoms with Gasteiger partial charge >= 0.3 is 0 Å². The summed E-state index contributed by atoms with van der Waals surface area (Å²) in [4.78, 5) is 0. The fourth-order valence-electron chi connectivity index (χ4n) is 3.04. The highest BCUT2D eigenvalue weighted by atomic mass is 16.3. The molecule has 2 nitrogen and oxygen atoms in total. The van der Waals surface area contributed by atoms with Crippen LogP contribution in [0.15, 0.2) is 16.5 Å². The molecule has 1 aromatic carbocycles. The molecule has 2 N–H and O–H groups in total. The highest BCUT2D eigenvalue weighted by Gasteiger charge is 2.28. The summed E-state index contributed by atoms with van der Waals surface area (Å²) in [5, 5.41) is 1.24. The van der Waals surface area contributed by atoms with Gasteiger partial charge in [0.2, 0.25) is 0 Å². The van der Waals surface area contributed by atoms with Crippen LogP contribution in [0.3, 0.4) is 0 Å². The van der Waals surface area contributed by atoms with Crippen molar-refractivity contribution in [2.45, 2.75) is 72.3 Å². The monoisotopic (exact) mass is 287 g/mol. The van der Waals surface area contributed by atoms with Crippen molar-refractivity contribution >= 4 is 11.0 Å². The first-order chi connectivity index (χ1) is 9.59. The Labute approximate surface area is 128 Å². The van der Waals surface area contributed by atoms with Gasteiger partial charge in [0.25, 0.3) is 0 Å². The van der Waals surface area contributed by atoms with Crippen molar-refractivity contribution in [3.05, 3.63) is 34.6 Å². The van der Waals surface area contributed by atoms with Gasteiger partial charge in [-0.15, -0.1) is 0 Å². The van der Waals surface area contributed by atoms with Crippen molar-refractivity contribution in [3.8, 4) is 0 Å². The normalized spacial score (nSPS) is 13.1. The Morgan fingerprint density at radius 3 is 2.05 bits per heavy atom. The molecule has 0 radical (unpaired) electrons. The number of rotatable bonds is 2. The van der Waals surface area contributed by atoms with Crippen LogP contribution in [-0.2, 0) is 23.8 Å². The van der Waals surface area contributed by atoms with Crippen molar-refractivity contribution in [2.24, 2.45) is 5.73 Å². The molecule has 0 saturated carbocycles. The average molecular weight is 287 g/mol. The molecule has 1 aromatic heterocycles. The van der Waals surface area contributed by atoms with Crippen LogP contribution in [0.2, 0.25) is 0 Å². The highest BCUT2D eigenvalue weighted by molar-refractivity contribution is 5.87. The Kier molecular flexibility index (Phi) is 3.96. The van der Waals surface area contributed by atoms with Crippen LogP contribution in [0.25, 0.3) is 11.0 Å². The van der Waals surface area contributed by atoms with Crippen LogP contribution < -0.4 is 5.73 Å². The van der Waals surface area contributed by atoms with E-state index < -0.39 is 0 Å². The van der Waals surface area contributed by atoms with Gasteiger partial charge in [0, 0.05) is 16.5 Å². The Hall–Kier alpha value is -1.28. The summed E-state index contributed by atoms with van der Waals surface area (Å²) in [5.74, 6) is 0.927. The molecule has 1 heterocycles. The number of nitrogens with two attached hydrogens (primary N) is 1. The molecule has 0 aliphatic carbocycles. The summed E-state index contributed by atoms with van der Waals surface area (Å²) in [6.45, 7) is 16.1. The number of furan rings is 1. The first-order valence-electron chi connectivity index (χ1n) is 7.89. The van der Waals surface area contributed by atoms with Gasteiger partial charge in [0.05, 0.1) is 6.54 Å². The number of fused-ring (bicyclic) bond motifs is 1. The summed E-state index contributed by atoms with van der Waals surface area (Å²) < 4.78 is 6.21. The van der Waals surface area contributed by atoms with E-state index in [9.17, 15) is 0 Å². The second-order valence-corrected chi connectivity index (χ2v) is 7.98. The van der Waals surface area contributed by atoms with Crippen LogP contribution in [0.4, 0.5) is 0 Å². The van der Waals surface area contributed by atoms with E-state index in [1.165, 1.54) is 22.1 Å². The summed E-state index contributed by atoms with van der Waals surface area (Å²) in [7, 11) is 0. The predicted molar refractivity (Wildman–Crippen MR) is 90.9 cm³/mol. The van der Waals surface area contributed by atoms with E-state index in [1.54, 1.807) is 0 Å². The minimum atomic E-state index is 0.0292. The summed E-state index contributed by atoms with van der Waals surface area (Å²) >= 11 is 0. The van der Waals surface area contributed by atoms with Gasteiger partial charge in [0.15, 0.2) is 0 Å². The number of benzene rings is 1. The van der Waals surface area contributed by atoms with Crippen molar-refractivity contribution in [1.82, 2.24) is 0 Å². The number of hydrogen-bond acceptors (Lipinski definition) is 2. The molecule has 2 aromatic rings. The van der Waals surface area contributed by atoms with Crippen LogP contribution in [0.1, 0.15) is 70.9 Å². The second-order valence-electron chi connectivity index (χ2n) is 7.98. The molecule has 21 heavy (non-hydrogen) atoms. The zero-order chi connectivity index (χ0) is 16.0. The van der Waals surface area contributed by atoms with Crippen LogP contribution >= 0.6 is 0 Å². The second kappa shape index (κ2) is 5.17. The van der Waals surface area contributed by atoms with Crippen molar-refractivity contribution in [1.29, 1.82) is 0 Å². The van der Waals surface area contributed by atoms with Gasteiger partial charge < -0.3 is 10.2 Å². The molecule has 0 aliphatic rings. The van der Waals surface area contributed by atoms with Gasteiger partial charge in [0.1, 0.15) is 11.3 Å². The minimum absolute atomic E-state index is 0.0292. The lowest BCUT2D eigenvalue weighted by atomic mass is 9.81. The molecule has 0 bridgehead atoms. The molecule has 0 atom stereocenters. The zero-order valence-electron chi connectivity index (χ0n) is 14.6. The zero-order valence-corrected chi connectivity index (χ0v) is 14.6. The fourth-order valence-corrected chi connectivity index (χ4v) is 3.04. The summed E-state index contributed by atoms with van der Waals surface area (Å²) in [6.07, 6.45) is 1.03. The molecular weight excluding hydrogens is 258 g/mol. The quantitative estimate of drug-likeness (QED) is 0.839. The molecule has 0 spiro atoms. The van der Waals surface area contributed by atoms with E-state index >= 15 is 0 Å². The molecule has 0 fully saturated rings. The fraction of sp³-hybridized carbons (Fsp3) is 0.579. The average Bonchev–Trinajstić information content (AvgIpc) is 2.73. The van der Waals surface area contributed by atoms with Crippen molar-refractivity contribution < 1.29 is 4.42 Å². The molecule has 0 unspecified atom stereocenters. The third-order valence-corrected chi connectivity index (χ3v) is 4.07. The van der Waals surface area contributed by atoms with Gasteiger partial charge in [-0.1, -0.05) is 54.5 Å². The Balaban J connectivity index is 2.93. The van der Waals surface area contributed by atoms with E-state index in [0.717, 1.165) is 17.8 Å². The lowest BCUT2D eigenvalue weighted by Crippen LogP contribution is -2.15. The van der Waals surface area contributed by atoms with Gasteiger partial charge in [-0.2, -0.15) is 0 Å². The molecule has 0 saturated heterocycles. The van der Waals surface area contributed by atoms with E-state index in [2.05, 4.69) is 60.6 Å². The maximum Gasteiger partial charge on any atom is 0.138 e. The first kappa shape index (κ1) is 16.1. The Morgan fingerprint density at radius 2 is 1.62 bits per heavy atom. The predicted octanol–water partition coefficient (Wildman–Crippen LogP) is 5.05. The molecular formula is C19H29NO. The van der Waals surface area contributed by atoms with Gasteiger partial charge in [-0.3, -0.25) is 0 Å². The molecule has 2 rings (SSSR count). The van der Waals surface area contributed by atoms with Crippen molar-refractivity contribution in [3.63, 3.8) is 0 Å². The molecule has 116 valence electrons. The van der Waals surface area contributed by atoms with Crippen molar-refractivity contribution in [2.75, 3.05) is 0 Å². The van der Waals surface area contributed by atoms with E-state index in [4.69, 9.17) is 10.2 Å². The molecule has 2 heteroatoms. The van der Waals surface area contributed by atoms with Gasteiger partial charge in [-0.25, -0.2) is 0 Å². The van der Waals surface area contributed by atoms with Crippen LogP contribution in [-0.4, -0.2) is 0 Å². The van der Waals surface area contributed by atoms with Crippen LogP contribution in [0.5, 0.6) is 0 Å². The summed E-state index contributed by atoms with van der Waals surface area (Å²) in [5.41, 5.74) is 11.0. The van der Waals surface area contributed by atoms with E-state index in [1.807, 2.05) is 0 Å².